The van der Waals surface area contributed by atoms with E-state index in [1.54, 1.807) is 0 Å². The molecule has 0 aromatic carbocycles. The van der Waals surface area contributed by atoms with Crippen molar-refractivity contribution in [1.29, 1.82) is 0 Å². The summed E-state index contributed by atoms with van der Waals surface area (Å²) in [5, 5.41) is 0.848. The molecule has 1 fully saturated rings. The van der Waals surface area contributed by atoms with Crippen LogP contribution in [0.25, 0.3) is 0 Å². The van der Waals surface area contributed by atoms with Crippen LogP contribution in [0.2, 0.25) is 0 Å². The van der Waals surface area contributed by atoms with Gasteiger partial charge in [0.2, 0.25) is 0 Å². The van der Waals surface area contributed by atoms with E-state index in [9.17, 15) is 0 Å². The first-order valence-corrected chi connectivity index (χ1v) is 4.62. The number of rotatable bonds is 1. The van der Waals surface area contributed by atoms with Gasteiger partial charge in [-0.05, 0) is 18.8 Å². The number of hydrogen-bond donors (Lipinski definition) is 0. The van der Waals surface area contributed by atoms with Crippen molar-refractivity contribution in [3.05, 3.63) is 10.6 Å². The van der Waals surface area contributed by atoms with E-state index >= 15 is 0 Å². The van der Waals surface area contributed by atoms with Crippen LogP contribution in [0.5, 0.6) is 0 Å². The molecule has 0 atom stereocenters. The minimum absolute atomic E-state index is 0.563. The van der Waals surface area contributed by atoms with Crippen LogP contribution in [0.1, 0.15) is 32.1 Å². The zero-order valence-electron chi connectivity index (χ0n) is 5.95. The van der Waals surface area contributed by atoms with Crippen molar-refractivity contribution in [2.45, 2.75) is 32.1 Å². The van der Waals surface area contributed by atoms with Crippen LogP contribution in [0, 0.1) is 5.92 Å². The normalized spacial score (nSPS) is 23.2. The third-order valence-electron chi connectivity index (χ3n) is 2.10. The Bertz CT molecular complexity index is 123. The summed E-state index contributed by atoms with van der Waals surface area (Å²) in [6, 6.07) is 0. The number of allylic oxidation sites excluding steroid dienone is 1. The fourth-order valence-electron chi connectivity index (χ4n) is 1.47. The van der Waals surface area contributed by atoms with Crippen molar-refractivity contribution in [2.75, 3.05) is 0 Å². The Labute approximate surface area is 72.2 Å². The van der Waals surface area contributed by atoms with E-state index < -0.39 is 0 Å². The zero-order valence-corrected chi connectivity index (χ0v) is 7.46. The quantitative estimate of drug-likeness (QED) is 0.572. The van der Waals surface area contributed by atoms with Gasteiger partial charge in [-0.25, -0.2) is 0 Å². The Morgan fingerprint density at radius 1 is 1.20 bits per heavy atom. The molecule has 58 valence electrons. The molecule has 0 unspecified atom stereocenters. The third-order valence-corrected chi connectivity index (χ3v) is 2.86. The Morgan fingerprint density at radius 3 is 2.30 bits per heavy atom. The van der Waals surface area contributed by atoms with Crippen molar-refractivity contribution in [3.8, 4) is 0 Å². The van der Waals surface area contributed by atoms with Gasteiger partial charge in [-0.1, -0.05) is 42.5 Å². The summed E-state index contributed by atoms with van der Waals surface area (Å²) in [7, 11) is 0. The second-order valence-electron chi connectivity index (χ2n) is 2.83. The maximum atomic E-state index is 5.87. The van der Waals surface area contributed by atoms with E-state index in [1.165, 1.54) is 37.6 Å². The monoisotopic (exact) mass is 178 g/mol. The highest BCUT2D eigenvalue weighted by Gasteiger charge is 2.15. The van der Waals surface area contributed by atoms with Crippen molar-refractivity contribution in [1.82, 2.24) is 0 Å². The van der Waals surface area contributed by atoms with Crippen LogP contribution in [0.15, 0.2) is 10.6 Å². The topological polar surface area (TPSA) is 0 Å². The lowest BCUT2D eigenvalue weighted by molar-refractivity contribution is 0.414. The predicted molar refractivity (Wildman–Crippen MR) is 46.4 cm³/mol. The summed E-state index contributed by atoms with van der Waals surface area (Å²) < 4.78 is 0. The zero-order chi connectivity index (χ0) is 7.40. The summed E-state index contributed by atoms with van der Waals surface area (Å²) in [6.07, 6.45) is 6.43. The molecule has 0 amide bonds. The SMILES string of the molecule is ClC=C(Cl)C1CCCCC1. The standard InChI is InChI=1S/C8H12Cl2/c9-6-8(10)7-4-2-1-3-5-7/h6-7H,1-5H2. The maximum absolute atomic E-state index is 5.87. The predicted octanol–water partition coefficient (Wildman–Crippen LogP) is 3.89. The fourth-order valence-corrected chi connectivity index (χ4v) is 1.86. The highest BCUT2D eigenvalue weighted by atomic mass is 35.5. The van der Waals surface area contributed by atoms with Gasteiger partial charge in [0.1, 0.15) is 0 Å². The molecule has 2 heteroatoms. The minimum atomic E-state index is 0.563. The highest BCUT2D eigenvalue weighted by Crippen LogP contribution is 2.31. The van der Waals surface area contributed by atoms with Gasteiger partial charge in [0.05, 0.1) is 0 Å². The molecule has 0 saturated heterocycles. The average Bonchev–Trinajstić information content (AvgIpc) is 2.05. The van der Waals surface area contributed by atoms with Gasteiger partial charge in [0, 0.05) is 10.6 Å². The molecular weight excluding hydrogens is 167 g/mol. The second kappa shape index (κ2) is 4.25. The van der Waals surface area contributed by atoms with E-state index in [2.05, 4.69) is 0 Å². The number of hydrogen-bond acceptors (Lipinski definition) is 0. The molecule has 0 aliphatic heterocycles. The van der Waals surface area contributed by atoms with Gasteiger partial charge in [-0.3, -0.25) is 0 Å². The molecule has 0 N–H and O–H groups in total. The molecule has 10 heavy (non-hydrogen) atoms. The Morgan fingerprint density at radius 2 is 1.80 bits per heavy atom. The van der Waals surface area contributed by atoms with Crippen LogP contribution < -0.4 is 0 Å². The molecule has 1 rings (SSSR count). The van der Waals surface area contributed by atoms with E-state index in [-0.39, 0.29) is 0 Å². The Hall–Kier alpha value is 0.320. The lowest BCUT2D eigenvalue weighted by Crippen LogP contribution is -2.05. The summed E-state index contributed by atoms with van der Waals surface area (Å²) in [5.74, 6) is 0.563. The third kappa shape index (κ3) is 2.17. The molecule has 0 radical (unpaired) electrons. The van der Waals surface area contributed by atoms with Crippen molar-refractivity contribution >= 4 is 23.2 Å². The van der Waals surface area contributed by atoms with Crippen LogP contribution in [0.3, 0.4) is 0 Å². The largest absolute Gasteiger partial charge is 0.0917 e. The van der Waals surface area contributed by atoms with Gasteiger partial charge < -0.3 is 0 Å². The van der Waals surface area contributed by atoms with Crippen LogP contribution in [-0.4, -0.2) is 0 Å². The van der Waals surface area contributed by atoms with E-state index in [1.807, 2.05) is 0 Å². The molecule has 0 aromatic rings. The van der Waals surface area contributed by atoms with E-state index in [4.69, 9.17) is 23.2 Å². The lowest BCUT2D eigenvalue weighted by Gasteiger charge is -2.20. The maximum Gasteiger partial charge on any atom is 0.0324 e. The van der Waals surface area contributed by atoms with Crippen molar-refractivity contribution < 1.29 is 0 Å². The lowest BCUT2D eigenvalue weighted by atomic mass is 9.89. The first kappa shape index (κ1) is 8.42. The van der Waals surface area contributed by atoms with Crippen molar-refractivity contribution in [2.24, 2.45) is 5.92 Å². The van der Waals surface area contributed by atoms with Crippen LogP contribution >= 0.6 is 23.2 Å². The second-order valence-corrected chi connectivity index (χ2v) is 3.48. The molecule has 0 spiro atoms. The van der Waals surface area contributed by atoms with Gasteiger partial charge in [0.15, 0.2) is 0 Å². The molecule has 1 saturated carbocycles. The van der Waals surface area contributed by atoms with Gasteiger partial charge in [-0.15, -0.1) is 0 Å². The molecule has 0 aromatic heterocycles. The summed E-state index contributed by atoms with van der Waals surface area (Å²) >= 11 is 11.4. The van der Waals surface area contributed by atoms with Gasteiger partial charge in [0.25, 0.3) is 0 Å². The van der Waals surface area contributed by atoms with Gasteiger partial charge >= 0.3 is 0 Å². The fraction of sp³-hybridized carbons (Fsp3) is 0.750. The molecule has 1 aliphatic carbocycles. The molecule has 0 nitrogen and oxygen atoms in total. The Balaban J connectivity index is 2.39. The molecule has 0 bridgehead atoms. The number of halogens is 2. The molecular formula is C8H12Cl2. The highest BCUT2D eigenvalue weighted by molar-refractivity contribution is 6.36. The minimum Gasteiger partial charge on any atom is -0.0917 e. The van der Waals surface area contributed by atoms with E-state index in [0.29, 0.717) is 5.92 Å². The van der Waals surface area contributed by atoms with Crippen molar-refractivity contribution in [3.63, 3.8) is 0 Å². The smallest absolute Gasteiger partial charge is 0.0324 e. The first-order chi connectivity index (χ1) is 4.84. The molecule has 1 aliphatic rings. The summed E-state index contributed by atoms with van der Waals surface area (Å²) in [4.78, 5) is 0. The summed E-state index contributed by atoms with van der Waals surface area (Å²) in [5.41, 5.74) is 1.51. The average molecular weight is 179 g/mol. The van der Waals surface area contributed by atoms with E-state index in [0.717, 1.165) is 5.03 Å². The summed E-state index contributed by atoms with van der Waals surface area (Å²) in [6.45, 7) is 0. The van der Waals surface area contributed by atoms with Gasteiger partial charge in [-0.2, -0.15) is 0 Å². The van der Waals surface area contributed by atoms with Crippen LogP contribution in [0.4, 0.5) is 0 Å². The Kier molecular flexibility index (Phi) is 3.58. The molecule has 0 heterocycles. The van der Waals surface area contributed by atoms with Crippen LogP contribution in [-0.2, 0) is 0 Å². The first-order valence-electron chi connectivity index (χ1n) is 3.80.